The van der Waals surface area contributed by atoms with Crippen molar-refractivity contribution in [2.75, 3.05) is 0 Å². The average molecular weight is 573 g/mol. The molecule has 0 nitrogen and oxygen atoms in total. The molecule has 4 fully saturated rings. The molecule has 0 unspecified atom stereocenters. The topological polar surface area (TPSA) is 0 Å². The molecule has 7 aliphatic rings. The fraction of sp³-hybridized carbons (Fsp3) is 0.905. The van der Waals surface area contributed by atoms with E-state index in [9.17, 15) is 0 Å². The predicted octanol–water partition coefficient (Wildman–Crippen LogP) is 13.2. The zero-order chi connectivity index (χ0) is 29.4. The van der Waals surface area contributed by atoms with Gasteiger partial charge in [-0.15, -0.1) is 0 Å². The van der Waals surface area contributed by atoms with Crippen LogP contribution in [0.3, 0.4) is 0 Å². The summed E-state index contributed by atoms with van der Waals surface area (Å²) in [4.78, 5) is 0. The second kappa shape index (κ2) is 10.5. The van der Waals surface area contributed by atoms with Gasteiger partial charge in [0.15, 0.2) is 0 Å². The van der Waals surface area contributed by atoms with Gasteiger partial charge in [-0.2, -0.15) is 0 Å². The molecule has 236 valence electrons. The van der Waals surface area contributed by atoms with Crippen molar-refractivity contribution in [2.24, 2.45) is 50.2 Å². The Labute approximate surface area is 261 Å². The first-order chi connectivity index (χ1) is 20.0. The quantitative estimate of drug-likeness (QED) is 0.314. The Morgan fingerprint density at radius 1 is 0.595 bits per heavy atom. The standard InChI is InChI=1S/C42H68/c1-31(37(2)22-10-7-11-23-37)33-18-19-34-32-17-20-36-41(6,35(32)21-30-40(33,34)5)28-16-29-42(36,38(3)24-12-8-13-25-38)39(4)26-14-9-15-27-39/h19,31,33,36H,7-18,20-30H2,1-6H3/t31-,33-,36-,40-,41-/m1/s1. The van der Waals surface area contributed by atoms with Crippen LogP contribution in [0.25, 0.3) is 0 Å². The third kappa shape index (κ3) is 4.10. The van der Waals surface area contributed by atoms with Crippen molar-refractivity contribution in [3.8, 4) is 0 Å². The monoisotopic (exact) mass is 573 g/mol. The Balaban J connectivity index is 1.26. The predicted molar refractivity (Wildman–Crippen MR) is 180 cm³/mol. The van der Waals surface area contributed by atoms with Crippen LogP contribution in [0.1, 0.15) is 189 Å². The summed E-state index contributed by atoms with van der Waals surface area (Å²) in [5, 5.41) is 0. The van der Waals surface area contributed by atoms with Gasteiger partial charge in [-0.3, -0.25) is 0 Å². The minimum absolute atomic E-state index is 0.429. The molecule has 0 aromatic heterocycles. The molecule has 0 radical (unpaired) electrons. The zero-order valence-corrected chi connectivity index (χ0v) is 29.1. The molecule has 0 bridgehead atoms. The smallest absolute Gasteiger partial charge is 0.00387 e. The molecular weight excluding hydrogens is 504 g/mol. The van der Waals surface area contributed by atoms with Gasteiger partial charge in [-0.05, 0) is 145 Å². The van der Waals surface area contributed by atoms with Gasteiger partial charge in [0.25, 0.3) is 0 Å². The van der Waals surface area contributed by atoms with Crippen molar-refractivity contribution in [3.63, 3.8) is 0 Å². The maximum absolute atomic E-state index is 2.85. The summed E-state index contributed by atoms with van der Waals surface area (Å²) >= 11 is 0. The van der Waals surface area contributed by atoms with E-state index in [1.807, 2.05) is 16.7 Å². The second-order valence-corrected chi connectivity index (χ2v) is 18.9. The Bertz CT molecular complexity index is 1060. The van der Waals surface area contributed by atoms with Gasteiger partial charge in [-0.25, -0.2) is 0 Å². The lowest BCUT2D eigenvalue weighted by Crippen LogP contribution is -2.63. The van der Waals surface area contributed by atoms with E-state index in [2.05, 4.69) is 47.6 Å². The van der Waals surface area contributed by atoms with Gasteiger partial charge in [0.2, 0.25) is 0 Å². The average Bonchev–Trinajstić information content (AvgIpc) is 3.34. The van der Waals surface area contributed by atoms with E-state index in [1.54, 1.807) is 6.42 Å². The van der Waals surface area contributed by atoms with Crippen LogP contribution in [-0.2, 0) is 0 Å². The van der Waals surface area contributed by atoms with E-state index < -0.39 is 0 Å². The molecule has 4 saturated carbocycles. The number of fused-ring (bicyclic) bond motifs is 4. The minimum atomic E-state index is 0.429. The van der Waals surface area contributed by atoms with Gasteiger partial charge >= 0.3 is 0 Å². The van der Waals surface area contributed by atoms with Crippen LogP contribution in [0, 0.1) is 50.2 Å². The Morgan fingerprint density at radius 2 is 1.17 bits per heavy atom. The highest BCUT2D eigenvalue weighted by molar-refractivity contribution is 5.50. The van der Waals surface area contributed by atoms with E-state index >= 15 is 0 Å². The molecule has 0 saturated heterocycles. The van der Waals surface area contributed by atoms with E-state index in [-0.39, 0.29) is 0 Å². The SMILES string of the molecule is C[C@H]([C@H]1CC=C2C3=C(CC[C@@]21C)[C@@]1(C)CCCC(C2(C)CCCCC2)(C2(C)CCCCC2)[C@@H]1CC3)C1(C)CCCCC1. The number of rotatable bonds is 4. The first-order valence-corrected chi connectivity index (χ1v) is 19.5. The molecule has 0 aromatic carbocycles. The first kappa shape index (κ1) is 30.2. The lowest BCUT2D eigenvalue weighted by molar-refractivity contribution is -0.202. The van der Waals surface area contributed by atoms with Crippen molar-refractivity contribution >= 4 is 0 Å². The largest absolute Gasteiger partial charge is 0.0802 e. The maximum Gasteiger partial charge on any atom is -0.00387 e. The Hall–Kier alpha value is -0.520. The van der Waals surface area contributed by atoms with Gasteiger partial charge in [0, 0.05) is 0 Å². The summed E-state index contributed by atoms with van der Waals surface area (Å²) in [5.41, 5.74) is 8.88. The number of allylic oxidation sites excluding steroid dienone is 4. The lowest BCUT2D eigenvalue weighted by atomic mass is 9.33. The van der Waals surface area contributed by atoms with Crippen LogP contribution in [0.2, 0.25) is 0 Å². The fourth-order valence-electron chi connectivity index (χ4n) is 15.0. The van der Waals surface area contributed by atoms with E-state index in [0.717, 1.165) is 17.8 Å². The third-order valence-corrected chi connectivity index (χ3v) is 17.4. The maximum atomic E-state index is 2.85. The van der Waals surface area contributed by atoms with Crippen molar-refractivity contribution in [1.29, 1.82) is 0 Å². The molecular formula is C42H68. The molecule has 42 heavy (non-hydrogen) atoms. The Morgan fingerprint density at radius 3 is 1.76 bits per heavy atom. The number of hydrogen-bond donors (Lipinski definition) is 0. The fourth-order valence-corrected chi connectivity index (χ4v) is 15.0. The van der Waals surface area contributed by atoms with Gasteiger partial charge in [-0.1, -0.05) is 117 Å². The van der Waals surface area contributed by atoms with E-state index in [4.69, 9.17) is 0 Å². The molecule has 7 rings (SSSR count). The highest BCUT2D eigenvalue weighted by atomic mass is 14.7. The summed E-state index contributed by atoms with van der Waals surface area (Å²) in [5.74, 6) is 2.62. The van der Waals surface area contributed by atoms with E-state index in [1.165, 1.54) is 141 Å². The summed E-state index contributed by atoms with van der Waals surface area (Å²) in [7, 11) is 0. The number of hydrogen-bond acceptors (Lipinski definition) is 0. The van der Waals surface area contributed by atoms with Crippen LogP contribution >= 0.6 is 0 Å². The first-order valence-electron chi connectivity index (χ1n) is 19.5. The molecule has 5 atom stereocenters. The molecule has 7 aliphatic carbocycles. The van der Waals surface area contributed by atoms with Gasteiger partial charge in [0.05, 0.1) is 0 Å². The van der Waals surface area contributed by atoms with Gasteiger partial charge in [0.1, 0.15) is 0 Å². The zero-order valence-electron chi connectivity index (χ0n) is 29.1. The lowest BCUT2D eigenvalue weighted by Gasteiger charge is -2.71. The van der Waals surface area contributed by atoms with Crippen molar-refractivity contribution in [3.05, 3.63) is 22.8 Å². The summed E-state index contributed by atoms with van der Waals surface area (Å²) in [6.45, 7) is 16.6. The summed E-state index contributed by atoms with van der Waals surface area (Å²) in [6, 6.07) is 0. The van der Waals surface area contributed by atoms with Crippen LogP contribution < -0.4 is 0 Å². The van der Waals surface area contributed by atoms with E-state index in [0.29, 0.717) is 32.5 Å². The van der Waals surface area contributed by atoms with Crippen LogP contribution in [0.5, 0.6) is 0 Å². The highest BCUT2D eigenvalue weighted by Gasteiger charge is 2.67. The molecule has 0 aliphatic heterocycles. The Kier molecular flexibility index (Phi) is 7.55. The van der Waals surface area contributed by atoms with Crippen LogP contribution in [-0.4, -0.2) is 0 Å². The molecule has 0 heteroatoms. The van der Waals surface area contributed by atoms with Crippen LogP contribution in [0.4, 0.5) is 0 Å². The second-order valence-electron chi connectivity index (χ2n) is 18.9. The molecule has 0 amide bonds. The molecule has 0 heterocycles. The van der Waals surface area contributed by atoms with Crippen molar-refractivity contribution in [1.82, 2.24) is 0 Å². The normalized spacial score (nSPS) is 41.2. The van der Waals surface area contributed by atoms with Crippen molar-refractivity contribution in [2.45, 2.75) is 189 Å². The summed E-state index contributed by atoms with van der Waals surface area (Å²) < 4.78 is 0. The van der Waals surface area contributed by atoms with Gasteiger partial charge < -0.3 is 0 Å². The summed E-state index contributed by atoms with van der Waals surface area (Å²) in [6.07, 6.45) is 36.8. The highest BCUT2D eigenvalue weighted by Crippen LogP contribution is 2.76. The van der Waals surface area contributed by atoms with Crippen LogP contribution in [0.15, 0.2) is 22.8 Å². The molecule has 0 spiro atoms. The molecule has 0 N–H and O–H groups in total. The van der Waals surface area contributed by atoms with Crippen molar-refractivity contribution < 1.29 is 0 Å². The third-order valence-electron chi connectivity index (χ3n) is 17.4. The molecule has 0 aromatic rings. The minimum Gasteiger partial charge on any atom is -0.0802 e.